The van der Waals surface area contributed by atoms with Gasteiger partial charge in [-0.2, -0.15) is 4.98 Å². The lowest BCUT2D eigenvalue weighted by Gasteiger charge is -2.14. The summed E-state index contributed by atoms with van der Waals surface area (Å²) in [6, 6.07) is 10.4. The molecule has 0 aliphatic carbocycles. The van der Waals surface area contributed by atoms with E-state index >= 15 is 0 Å². The van der Waals surface area contributed by atoms with Crippen molar-refractivity contribution >= 4 is 28.7 Å². The van der Waals surface area contributed by atoms with Gasteiger partial charge in [0, 0.05) is 25.0 Å². The minimum atomic E-state index is -0.338. The number of imidazole rings is 1. The highest BCUT2D eigenvalue weighted by Gasteiger charge is 2.17. The molecule has 0 spiro atoms. The van der Waals surface area contributed by atoms with Gasteiger partial charge in [-0.15, -0.1) is 0 Å². The number of hydrogen-bond donors (Lipinski definition) is 2. The van der Waals surface area contributed by atoms with E-state index in [1.807, 2.05) is 30.5 Å². The van der Waals surface area contributed by atoms with Crippen molar-refractivity contribution in [1.29, 1.82) is 0 Å². The molecule has 28 heavy (non-hydrogen) atoms. The fourth-order valence-corrected chi connectivity index (χ4v) is 2.92. The zero-order valence-corrected chi connectivity index (χ0v) is 15.6. The Balaban J connectivity index is 1.66. The summed E-state index contributed by atoms with van der Waals surface area (Å²) in [4.78, 5) is 17.6. The van der Waals surface area contributed by atoms with Crippen molar-refractivity contribution in [2.75, 3.05) is 10.6 Å². The van der Waals surface area contributed by atoms with E-state index in [2.05, 4.69) is 30.6 Å². The van der Waals surface area contributed by atoms with Crippen LogP contribution < -0.4 is 10.6 Å². The molecule has 4 aromatic rings. The van der Waals surface area contributed by atoms with Crippen LogP contribution in [0.3, 0.4) is 0 Å². The summed E-state index contributed by atoms with van der Waals surface area (Å²) in [7, 11) is 0. The molecule has 0 aliphatic heterocycles. The first-order chi connectivity index (χ1) is 13.6. The topological polar surface area (TPSA) is 80.5 Å². The number of aromatic nitrogens is 5. The molecule has 2 N–H and O–H groups in total. The Bertz CT molecular complexity index is 1090. The normalized spacial score (nSPS) is 11.1. The highest BCUT2D eigenvalue weighted by molar-refractivity contribution is 5.76. The molecule has 7 nitrogen and oxygen atoms in total. The van der Waals surface area contributed by atoms with E-state index in [-0.39, 0.29) is 11.9 Å². The van der Waals surface area contributed by atoms with E-state index < -0.39 is 0 Å². The second-order valence-electron chi connectivity index (χ2n) is 6.62. The molecule has 0 bridgehead atoms. The number of pyridine rings is 1. The number of nitrogens with zero attached hydrogens (tertiary/aromatic N) is 5. The minimum Gasteiger partial charge on any atom is -0.350 e. The zero-order chi connectivity index (χ0) is 19.5. The van der Waals surface area contributed by atoms with Gasteiger partial charge in [0.15, 0.2) is 5.65 Å². The van der Waals surface area contributed by atoms with E-state index in [4.69, 9.17) is 0 Å². The van der Waals surface area contributed by atoms with Crippen LogP contribution in [-0.4, -0.2) is 24.5 Å². The van der Waals surface area contributed by atoms with Crippen molar-refractivity contribution in [3.05, 3.63) is 66.4 Å². The Morgan fingerprint density at radius 3 is 2.68 bits per heavy atom. The highest BCUT2D eigenvalue weighted by Crippen LogP contribution is 2.27. The van der Waals surface area contributed by atoms with Crippen LogP contribution in [0.25, 0.3) is 11.2 Å². The summed E-state index contributed by atoms with van der Waals surface area (Å²) < 4.78 is 16.0. The van der Waals surface area contributed by atoms with Crippen LogP contribution in [0.1, 0.15) is 25.5 Å². The predicted octanol–water partition coefficient (Wildman–Crippen LogP) is 4.30. The van der Waals surface area contributed by atoms with Crippen LogP contribution in [0, 0.1) is 5.82 Å². The Morgan fingerprint density at radius 1 is 1.07 bits per heavy atom. The molecule has 0 amide bonds. The van der Waals surface area contributed by atoms with Gasteiger partial charge in [0.1, 0.15) is 11.3 Å². The number of hydrogen-bond acceptors (Lipinski definition) is 6. The first-order valence-electron chi connectivity index (χ1n) is 9.01. The fraction of sp³-hybridized carbons (Fsp3) is 0.200. The van der Waals surface area contributed by atoms with Crippen molar-refractivity contribution in [3.63, 3.8) is 0 Å². The maximum absolute atomic E-state index is 14.0. The molecule has 0 fully saturated rings. The molecular weight excluding hydrogens is 357 g/mol. The van der Waals surface area contributed by atoms with Crippen LogP contribution in [0.4, 0.5) is 22.0 Å². The van der Waals surface area contributed by atoms with Crippen molar-refractivity contribution in [3.8, 4) is 0 Å². The maximum Gasteiger partial charge on any atom is 0.225 e. The first kappa shape index (κ1) is 17.8. The van der Waals surface area contributed by atoms with Gasteiger partial charge >= 0.3 is 0 Å². The summed E-state index contributed by atoms with van der Waals surface area (Å²) in [5.41, 5.74) is 2.71. The molecule has 0 radical (unpaired) electrons. The Kier molecular flexibility index (Phi) is 4.84. The summed E-state index contributed by atoms with van der Waals surface area (Å²) in [5, 5.41) is 6.27. The third-order valence-electron chi connectivity index (χ3n) is 4.24. The Hall–Kier alpha value is -3.55. The summed E-state index contributed by atoms with van der Waals surface area (Å²) in [6.45, 7) is 4.62. The average molecular weight is 377 g/mol. The Labute approximate surface area is 161 Å². The van der Waals surface area contributed by atoms with Gasteiger partial charge in [0.25, 0.3) is 0 Å². The molecule has 4 rings (SSSR count). The molecule has 142 valence electrons. The number of rotatable bonds is 6. The minimum absolute atomic E-state index is 0.0698. The van der Waals surface area contributed by atoms with Crippen LogP contribution in [0.5, 0.6) is 0 Å². The van der Waals surface area contributed by atoms with Gasteiger partial charge in [-0.05, 0) is 37.6 Å². The molecule has 3 heterocycles. The third-order valence-corrected chi connectivity index (χ3v) is 4.24. The van der Waals surface area contributed by atoms with Crippen LogP contribution in [-0.2, 0) is 6.54 Å². The van der Waals surface area contributed by atoms with Gasteiger partial charge in [-0.1, -0.05) is 18.2 Å². The first-order valence-corrected chi connectivity index (χ1v) is 9.01. The Morgan fingerprint density at radius 2 is 1.93 bits per heavy atom. The lowest BCUT2D eigenvalue weighted by atomic mass is 10.3. The van der Waals surface area contributed by atoms with E-state index in [0.717, 1.165) is 5.56 Å². The molecule has 0 unspecified atom stereocenters. The summed E-state index contributed by atoms with van der Waals surface area (Å²) in [5.74, 6) is 0.680. The highest BCUT2D eigenvalue weighted by atomic mass is 19.1. The second kappa shape index (κ2) is 7.59. The zero-order valence-electron chi connectivity index (χ0n) is 15.6. The predicted molar refractivity (Wildman–Crippen MR) is 107 cm³/mol. The van der Waals surface area contributed by atoms with E-state index in [1.165, 1.54) is 6.07 Å². The lowest BCUT2D eigenvalue weighted by Crippen LogP contribution is -2.09. The number of nitrogens with one attached hydrogen (secondary N) is 2. The van der Waals surface area contributed by atoms with Crippen molar-refractivity contribution in [1.82, 2.24) is 24.5 Å². The van der Waals surface area contributed by atoms with Crippen molar-refractivity contribution in [2.24, 2.45) is 0 Å². The molecule has 3 aromatic heterocycles. The van der Waals surface area contributed by atoms with Crippen LogP contribution in [0.2, 0.25) is 0 Å². The number of anilines is 3. The SMILES string of the molecule is CC(C)n1c(Nc2ccccc2F)nc2cnc(NCc3cccnc3)nc21. The molecule has 0 saturated carbocycles. The maximum atomic E-state index is 14.0. The second-order valence-corrected chi connectivity index (χ2v) is 6.62. The summed E-state index contributed by atoms with van der Waals surface area (Å²) in [6.07, 6.45) is 5.19. The van der Waals surface area contributed by atoms with Crippen LogP contribution in [0.15, 0.2) is 55.0 Å². The van der Waals surface area contributed by atoms with Crippen LogP contribution >= 0.6 is 0 Å². The average Bonchev–Trinajstić information content (AvgIpc) is 3.06. The standard InChI is InChI=1S/C20H20FN7/c1-13(2)28-18-17(26-20(28)25-16-8-4-3-7-15(16)21)12-24-19(27-18)23-11-14-6-5-9-22-10-14/h3-10,12-13H,11H2,1-2H3,(H,25,26)(H,23,24,27). The van der Waals surface area contributed by atoms with Gasteiger partial charge in [-0.25, -0.2) is 14.4 Å². The number of para-hydroxylation sites is 1. The quantitative estimate of drug-likeness (QED) is 0.522. The van der Waals surface area contributed by atoms with E-state index in [1.54, 1.807) is 36.8 Å². The molecule has 0 saturated heterocycles. The molecule has 8 heteroatoms. The van der Waals surface area contributed by atoms with Gasteiger partial charge in [0.2, 0.25) is 11.9 Å². The van der Waals surface area contributed by atoms with Crippen molar-refractivity contribution < 1.29 is 4.39 Å². The van der Waals surface area contributed by atoms with Gasteiger partial charge in [0.05, 0.1) is 11.9 Å². The molecule has 0 atom stereocenters. The third kappa shape index (κ3) is 3.62. The van der Waals surface area contributed by atoms with Gasteiger partial charge in [-0.3, -0.25) is 9.55 Å². The largest absolute Gasteiger partial charge is 0.350 e. The van der Waals surface area contributed by atoms with E-state index in [9.17, 15) is 4.39 Å². The lowest BCUT2D eigenvalue weighted by molar-refractivity contribution is 0.615. The molecule has 1 aromatic carbocycles. The molecular formula is C20H20FN7. The number of benzene rings is 1. The fourth-order valence-electron chi connectivity index (χ4n) is 2.92. The smallest absolute Gasteiger partial charge is 0.225 e. The number of fused-ring (bicyclic) bond motifs is 1. The van der Waals surface area contributed by atoms with E-state index in [0.29, 0.717) is 35.3 Å². The van der Waals surface area contributed by atoms with Crippen molar-refractivity contribution in [2.45, 2.75) is 26.4 Å². The number of halogens is 1. The summed E-state index contributed by atoms with van der Waals surface area (Å²) >= 11 is 0. The molecule has 0 aliphatic rings. The monoisotopic (exact) mass is 377 g/mol. The van der Waals surface area contributed by atoms with Gasteiger partial charge < -0.3 is 10.6 Å².